The van der Waals surface area contributed by atoms with Crippen molar-refractivity contribution in [3.63, 3.8) is 0 Å². The average Bonchev–Trinajstić information content (AvgIpc) is 2.81. The number of nitrogens with one attached hydrogen (secondary N) is 1. The molecule has 1 aromatic carbocycles. The predicted octanol–water partition coefficient (Wildman–Crippen LogP) is 3.07. The number of sulfonamides is 1. The highest BCUT2D eigenvalue weighted by Crippen LogP contribution is 2.38. The minimum absolute atomic E-state index is 0.00210. The molecule has 10 heteroatoms. The standard InChI is InChI=1S/C14H10ClFN2O4S2/c1-24(20,21)18-11-2-7-6-22-14(19)9(7)4-12(11)23-13-10(16)3-8(15)5-17-13/h2-5,18H,6H2,1H3. The number of carbonyl (C=O) groups is 1. The van der Waals surface area contributed by atoms with Crippen LogP contribution in [-0.4, -0.2) is 25.6 Å². The van der Waals surface area contributed by atoms with Crippen LogP contribution < -0.4 is 4.72 Å². The number of benzene rings is 1. The Morgan fingerprint density at radius 3 is 2.79 bits per heavy atom. The van der Waals surface area contributed by atoms with Crippen LogP contribution in [0, 0.1) is 5.82 Å². The highest BCUT2D eigenvalue weighted by molar-refractivity contribution is 7.99. The summed E-state index contributed by atoms with van der Waals surface area (Å²) >= 11 is 6.55. The number of aromatic nitrogens is 1. The van der Waals surface area contributed by atoms with Crippen LogP contribution in [0.3, 0.4) is 0 Å². The molecule has 0 bridgehead atoms. The lowest BCUT2D eigenvalue weighted by Crippen LogP contribution is -2.11. The molecule has 0 fully saturated rings. The quantitative estimate of drug-likeness (QED) is 0.810. The van der Waals surface area contributed by atoms with Crippen molar-refractivity contribution in [3.8, 4) is 0 Å². The Morgan fingerprint density at radius 1 is 1.38 bits per heavy atom. The molecule has 6 nitrogen and oxygen atoms in total. The second-order valence-corrected chi connectivity index (χ2v) is 8.21. The monoisotopic (exact) mass is 388 g/mol. The maximum Gasteiger partial charge on any atom is 0.338 e. The molecule has 0 atom stereocenters. The van der Waals surface area contributed by atoms with Gasteiger partial charge in [-0.05, 0) is 18.2 Å². The largest absolute Gasteiger partial charge is 0.457 e. The number of hydrogen-bond donors (Lipinski definition) is 1. The van der Waals surface area contributed by atoms with Crippen LogP contribution in [0.2, 0.25) is 5.02 Å². The van der Waals surface area contributed by atoms with Crippen molar-refractivity contribution in [1.82, 2.24) is 4.98 Å². The first-order chi connectivity index (χ1) is 11.2. The Balaban J connectivity index is 2.07. The topological polar surface area (TPSA) is 85.4 Å². The van der Waals surface area contributed by atoms with E-state index in [4.69, 9.17) is 16.3 Å². The molecule has 0 spiro atoms. The summed E-state index contributed by atoms with van der Waals surface area (Å²) in [7, 11) is -3.56. The lowest BCUT2D eigenvalue weighted by molar-refractivity contribution is 0.0535. The van der Waals surface area contributed by atoms with E-state index in [0.717, 1.165) is 24.1 Å². The summed E-state index contributed by atoms with van der Waals surface area (Å²) in [6, 6.07) is 4.05. The molecule has 0 saturated heterocycles. The van der Waals surface area contributed by atoms with Gasteiger partial charge in [-0.15, -0.1) is 0 Å². The van der Waals surface area contributed by atoms with Crippen LogP contribution in [0.1, 0.15) is 15.9 Å². The Morgan fingerprint density at radius 2 is 2.12 bits per heavy atom. The molecule has 1 aliphatic heterocycles. The molecule has 24 heavy (non-hydrogen) atoms. The molecule has 126 valence electrons. The molecular weight excluding hydrogens is 379 g/mol. The fourth-order valence-electron chi connectivity index (χ4n) is 2.10. The summed E-state index contributed by atoms with van der Waals surface area (Å²) in [5, 5.41) is 0.145. The fraction of sp³-hybridized carbons (Fsp3) is 0.143. The Labute approximate surface area is 146 Å². The third kappa shape index (κ3) is 3.63. The molecule has 0 aliphatic carbocycles. The number of halogens is 2. The highest BCUT2D eigenvalue weighted by atomic mass is 35.5. The number of rotatable bonds is 4. The van der Waals surface area contributed by atoms with Gasteiger partial charge in [0, 0.05) is 16.7 Å². The number of fused-ring (bicyclic) bond motifs is 1. The highest BCUT2D eigenvalue weighted by Gasteiger charge is 2.25. The molecule has 1 aliphatic rings. The lowest BCUT2D eigenvalue weighted by Gasteiger charge is -2.12. The van der Waals surface area contributed by atoms with E-state index >= 15 is 0 Å². The van der Waals surface area contributed by atoms with Crippen molar-refractivity contribution in [3.05, 3.63) is 46.4 Å². The Bertz CT molecular complexity index is 950. The summed E-state index contributed by atoms with van der Waals surface area (Å²) in [4.78, 5) is 15.9. The molecule has 0 amide bonds. The first kappa shape index (κ1) is 17.0. The molecule has 0 unspecified atom stereocenters. The van der Waals surface area contributed by atoms with E-state index < -0.39 is 21.8 Å². The smallest absolute Gasteiger partial charge is 0.338 e. The normalized spacial score (nSPS) is 13.5. The molecule has 3 rings (SSSR count). The number of pyridine rings is 1. The third-order valence-corrected chi connectivity index (χ3v) is 4.91. The summed E-state index contributed by atoms with van der Waals surface area (Å²) in [6.07, 6.45) is 2.27. The SMILES string of the molecule is CS(=O)(=O)Nc1cc2c(cc1Sc1ncc(Cl)cc1F)C(=O)OC2. The van der Waals surface area contributed by atoms with Gasteiger partial charge in [-0.25, -0.2) is 22.6 Å². The van der Waals surface area contributed by atoms with Crippen LogP contribution in [0.15, 0.2) is 34.3 Å². The number of carbonyl (C=O) groups excluding carboxylic acids is 1. The summed E-state index contributed by atoms with van der Waals surface area (Å²) < 4.78 is 44.3. The fourth-order valence-corrected chi connectivity index (χ4v) is 3.74. The van der Waals surface area contributed by atoms with E-state index in [1.807, 2.05) is 0 Å². The molecular formula is C14H10ClFN2O4S2. The van der Waals surface area contributed by atoms with Crippen LogP contribution in [0.5, 0.6) is 0 Å². The molecule has 2 heterocycles. The molecule has 1 N–H and O–H groups in total. The maximum absolute atomic E-state index is 14.0. The Hall–Kier alpha value is -1.84. The minimum Gasteiger partial charge on any atom is -0.457 e. The second-order valence-electron chi connectivity index (χ2n) is 5.00. The van der Waals surface area contributed by atoms with Gasteiger partial charge < -0.3 is 4.74 Å². The van der Waals surface area contributed by atoms with Gasteiger partial charge in [-0.2, -0.15) is 0 Å². The van der Waals surface area contributed by atoms with Crippen LogP contribution in [-0.2, 0) is 21.4 Å². The van der Waals surface area contributed by atoms with Crippen molar-refractivity contribution < 1.29 is 22.3 Å². The zero-order chi connectivity index (χ0) is 17.5. The molecule has 2 aromatic rings. The lowest BCUT2D eigenvalue weighted by atomic mass is 10.1. The molecule has 0 radical (unpaired) electrons. The number of nitrogens with zero attached hydrogens (tertiary/aromatic N) is 1. The first-order valence-electron chi connectivity index (χ1n) is 6.53. The second kappa shape index (κ2) is 6.23. The molecule has 0 saturated carbocycles. The van der Waals surface area contributed by atoms with Gasteiger partial charge in [0.15, 0.2) is 5.82 Å². The maximum atomic E-state index is 14.0. The number of cyclic esters (lactones) is 1. The predicted molar refractivity (Wildman–Crippen MR) is 87.4 cm³/mol. The summed E-state index contributed by atoms with van der Waals surface area (Å²) in [5.74, 6) is -1.16. The minimum atomic E-state index is -3.56. The molecule has 1 aromatic heterocycles. The van der Waals surface area contributed by atoms with E-state index in [9.17, 15) is 17.6 Å². The van der Waals surface area contributed by atoms with Gasteiger partial charge in [0.2, 0.25) is 10.0 Å². The number of hydrogen-bond acceptors (Lipinski definition) is 6. The van der Waals surface area contributed by atoms with Crippen molar-refractivity contribution in [2.45, 2.75) is 16.5 Å². The number of esters is 1. The van der Waals surface area contributed by atoms with E-state index in [0.29, 0.717) is 16.0 Å². The first-order valence-corrected chi connectivity index (χ1v) is 9.62. The van der Waals surface area contributed by atoms with Crippen LogP contribution in [0.25, 0.3) is 0 Å². The van der Waals surface area contributed by atoms with Gasteiger partial charge in [0.25, 0.3) is 0 Å². The van der Waals surface area contributed by atoms with Gasteiger partial charge in [0.1, 0.15) is 11.6 Å². The van der Waals surface area contributed by atoms with Gasteiger partial charge >= 0.3 is 5.97 Å². The zero-order valence-corrected chi connectivity index (χ0v) is 14.6. The summed E-state index contributed by atoms with van der Waals surface area (Å²) in [5.41, 5.74) is 1.08. The third-order valence-electron chi connectivity index (χ3n) is 3.06. The van der Waals surface area contributed by atoms with Crippen molar-refractivity contribution >= 4 is 45.0 Å². The Kier molecular flexibility index (Phi) is 4.41. The van der Waals surface area contributed by atoms with Gasteiger partial charge in [-0.3, -0.25) is 4.72 Å². The van der Waals surface area contributed by atoms with Crippen LogP contribution >= 0.6 is 23.4 Å². The average molecular weight is 389 g/mol. The van der Waals surface area contributed by atoms with E-state index in [1.54, 1.807) is 0 Å². The zero-order valence-electron chi connectivity index (χ0n) is 12.2. The van der Waals surface area contributed by atoms with Crippen LogP contribution in [0.4, 0.5) is 10.1 Å². The number of ether oxygens (including phenoxy) is 1. The van der Waals surface area contributed by atoms with Gasteiger partial charge in [0.05, 0.1) is 22.5 Å². The van der Waals surface area contributed by atoms with Crippen molar-refractivity contribution in [1.29, 1.82) is 0 Å². The van der Waals surface area contributed by atoms with E-state index in [-0.39, 0.29) is 22.3 Å². The summed E-state index contributed by atoms with van der Waals surface area (Å²) in [6.45, 7) is 0.0606. The number of anilines is 1. The van der Waals surface area contributed by atoms with E-state index in [2.05, 4.69) is 9.71 Å². The van der Waals surface area contributed by atoms with Crippen molar-refractivity contribution in [2.75, 3.05) is 11.0 Å². The van der Waals surface area contributed by atoms with Crippen molar-refractivity contribution in [2.24, 2.45) is 0 Å². The van der Waals surface area contributed by atoms with E-state index in [1.165, 1.54) is 18.3 Å². The van der Waals surface area contributed by atoms with Gasteiger partial charge in [-0.1, -0.05) is 23.4 Å².